The van der Waals surface area contributed by atoms with E-state index < -0.39 is 11.7 Å². The van der Waals surface area contributed by atoms with Crippen LogP contribution in [0, 0.1) is 11.2 Å². The molecule has 1 aromatic carbocycles. The quantitative estimate of drug-likeness (QED) is 0.579. The van der Waals surface area contributed by atoms with E-state index in [4.69, 9.17) is 16.2 Å². The van der Waals surface area contributed by atoms with Crippen LogP contribution in [0.2, 0.25) is 0 Å². The number of nitrogens with one attached hydrogen (secondary N) is 1. The van der Waals surface area contributed by atoms with Gasteiger partial charge in [0.25, 0.3) is 5.91 Å². The Kier molecular flexibility index (Phi) is 4.93. The molecule has 1 aliphatic rings. The molecule has 7 nitrogen and oxygen atoms in total. The number of hydrogen-bond acceptors (Lipinski definition) is 5. The van der Waals surface area contributed by atoms with Crippen molar-refractivity contribution in [3.63, 3.8) is 0 Å². The maximum absolute atomic E-state index is 14.2. The summed E-state index contributed by atoms with van der Waals surface area (Å²) in [6.07, 6.45) is 4.98. The highest BCUT2D eigenvalue weighted by Gasteiger charge is 2.49. The maximum atomic E-state index is 14.2. The number of ether oxygens (including phenoxy) is 1. The van der Waals surface area contributed by atoms with Crippen LogP contribution in [0.15, 0.2) is 36.7 Å². The first-order chi connectivity index (χ1) is 14.5. The van der Waals surface area contributed by atoms with Gasteiger partial charge in [-0.15, -0.1) is 0 Å². The number of nitrogens with zero attached hydrogens (tertiary/aromatic N) is 2. The molecule has 0 aliphatic heterocycles. The predicted octanol–water partition coefficient (Wildman–Crippen LogP) is 3.57. The fourth-order valence-electron chi connectivity index (χ4n) is 4.35. The smallest absolute Gasteiger partial charge is 0.252 e. The van der Waals surface area contributed by atoms with E-state index in [9.17, 15) is 9.18 Å². The Morgan fingerprint density at radius 2 is 2.03 bits per heavy atom. The molecule has 1 aliphatic carbocycles. The van der Waals surface area contributed by atoms with Gasteiger partial charge in [-0.1, -0.05) is 19.9 Å². The lowest BCUT2D eigenvalue weighted by Crippen LogP contribution is -2.51. The number of aromatic nitrogens is 2. The topological polar surface area (TPSA) is 108 Å². The standard InChI is InChI=1S/C23H28FN5O2/c1-22(2)19(7-8-23(22,3)26)28-20-15(21(25)30)11-27-29-12-14(10-17(20)29)13-5-6-18(31-4)16(24)9-13/h5-6,9-12,19,28H,7-8,26H2,1-4H3,(H2,25,30)/t19-,23+/m1/s1. The van der Waals surface area contributed by atoms with Crippen molar-refractivity contribution in [2.45, 2.75) is 45.2 Å². The van der Waals surface area contributed by atoms with Crippen molar-refractivity contribution in [1.82, 2.24) is 9.61 Å². The van der Waals surface area contributed by atoms with E-state index in [1.54, 1.807) is 22.8 Å². The number of benzene rings is 1. The van der Waals surface area contributed by atoms with Crippen LogP contribution >= 0.6 is 0 Å². The van der Waals surface area contributed by atoms with Gasteiger partial charge in [0, 0.05) is 28.8 Å². The number of amides is 1. The number of fused-ring (bicyclic) bond motifs is 1. The van der Waals surface area contributed by atoms with E-state index >= 15 is 0 Å². The van der Waals surface area contributed by atoms with Gasteiger partial charge < -0.3 is 21.5 Å². The minimum absolute atomic E-state index is 0.0450. The van der Waals surface area contributed by atoms with Crippen molar-refractivity contribution in [2.24, 2.45) is 16.9 Å². The van der Waals surface area contributed by atoms with Crippen molar-refractivity contribution in [2.75, 3.05) is 12.4 Å². The van der Waals surface area contributed by atoms with E-state index in [1.165, 1.54) is 19.4 Å². The second-order valence-electron chi connectivity index (χ2n) is 9.08. The number of anilines is 1. The van der Waals surface area contributed by atoms with Crippen molar-refractivity contribution >= 4 is 17.1 Å². The number of halogens is 1. The zero-order valence-electron chi connectivity index (χ0n) is 18.2. The number of carbonyl (C=O) groups excluding carboxylic acids is 1. The van der Waals surface area contributed by atoms with E-state index in [2.05, 4.69) is 31.2 Å². The van der Waals surface area contributed by atoms with Crippen molar-refractivity contribution in [3.05, 3.63) is 48.0 Å². The second-order valence-corrected chi connectivity index (χ2v) is 9.08. The monoisotopic (exact) mass is 425 g/mol. The highest BCUT2D eigenvalue weighted by atomic mass is 19.1. The molecule has 1 fully saturated rings. The van der Waals surface area contributed by atoms with Gasteiger partial charge in [-0.25, -0.2) is 8.91 Å². The molecule has 0 unspecified atom stereocenters. The summed E-state index contributed by atoms with van der Waals surface area (Å²) in [4.78, 5) is 12.2. The number of primary amides is 1. The number of hydrogen-bond donors (Lipinski definition) is 3. The summed E-state index contributed by atoms with van der Waals surface area (Å²) in [5, 5.41) is 7.88. The summed E-state index contributed by atoms with van der Waals surface area (Å²) in [5.41, 5.74) is 14.7. The average molecular weight is 426 g/mol. The molecule has 0 saturated heterocycles. The summed E-state index contributed by atoms with van der Waals surface area (Å²) in [6, 6.07) is 6.68. The van der Waals surface area contributed by atoms with Gasteiger partial charge in [-0.2, -0.15) is 5.10 Å². The molecule has 0 bridgehead atoms. The van der Waals surface area contributed by atoms with Crippen molar-refractivity contribution < 1.29 is 13.9 Å². The lowest BCUT2D eigenvalue weighted by atomic mass is 9.75. The molecule has 2 aromatic heterocycles. The Morgan fingerprint density at radius 3 is 2.61 bits per heavy atom. The van der Waals surface area contributed by atoms with Gasteiger partial charge in [0.2, 0.25) is 0 Å². The number of nitrogens with two attached hydrogens (primary N) is 2. The Morgan fingerprint density at radius 1 is 1.29 bits per heavy atom. The van der Waals surface area contributed by atoms with Crippen LogP contribution in [0.4, 0.5) is 10.1 Å². The SMILES string of the molecule is COc1ccc(-c2cc3c(N[C@@H]4CC[C@](C)(N)C4(C)C)c(C(N)=O)cnn3c2)cc1F. The molecule has 1 amide bonds. The minimum atomic E-state index is -0.568. The van der Waals surface area contributed by atoms with E-state index in [0.29, 0.717) is 22.3 Å². The molecule has 31 heavy (non-hydrogen) atoms. The van der Waals surface area contributed by atoms with Crippen LogP contribution in [0.25, 0.3) is 16.6 Å². The third-order valence-electron chi connectivity index (χ3n) is 7.00. The molecule has 2 atom stereocenters. The summed E-state index contributed by atoms with van der Waals surface area (Å²) >= 11 is 0. The second kappa shape index (κ2) is 7.23. The Labute approximate surface area is 180 Å². The zero-order valence-corrected chi connectivity index (χ0v) is 18.2. The summed E-state index contributed by atoms with van der Waals surface area (Å²) in [7, 11) is 1.43. The third kappa shape index (κ3) is 3.40. The van der Waals surface area contributed by atoms with Gasteiger partial charge in [0.05, 0.1) is 30.1 Å². The summed E-state index contributed by atoms with van der Waals surface area (Å²) in [6.45, 7) is 6.31. The zero-order chi connectivity index (χ0) is 22.6. The molecule has 5 N–H and O–H groups in total. The van der Waals surface area contributed by atoms with Gasteiger partial charge in [-0.3, -0.25) is 4.79 Å². The van der Waals surface area contributed by atoms with Crippen LogP contribution < -0.4 is 21.5 Å². The fraction of sp³-hybridized carbons (Fsp3) is 0.391. The summed E-state index contributed by atoms with van der Waals surface area (Å²) in [5.74, 6) is -0.839. The van der Waals surface area contributed by atoms with Gasteiger partial charge >= 0.3 is 0 Å². The van der Waals surface area contributed by atoms with Crippen LogP contribution in [0.3, 0.4) is 0 Å². The first-order valence-electron chi connectivity index (χ1n) is 10.3. The molecular weight excluding hydrogens is 397 g/mol. The van der Waals surface area contributed by atoms with Crippen LogP contribution in [-0.4, -0.2) is 34.2 Å². The van der Waals surface area contributed by atoms with E-state index in [0.717, 1.165) is 18.4 Å². The molecule has 3 aromatic rings. The lowest BCUT2D eigenvalue weighted by molar-refractivity contribution is 0.100. The Hall–Kier alpha value is -3.13. The van der Waals surface area contributed by atoms with E-state index in [1.807, 2.05) is 6.07 Å². The normalized spacial score (nSPS) is 22.6. The minimum Gasteiger partial charge on any atom is -0.494 e. The number of methoxy groups -OCH3 is 1. The van der Waals surface area contributed by atoms with Crippen molar-refractivity contribution in [3.8, 4) is 16.9 Å². The predicted molar refractivity (Wildman–Crippen MR) is 119 cm³/mol. The van der Waals surface area contributed by atoms with Crippen LogP contribution in [0.1, 0.15) is 44.0 Å². The fourth-order valence-corrected chi connectivity index (χ4v) is 4.35. The highest BCUT2D eigenvalue weighted by molar-refractivity contribution is 6.02. The van der Waals surface area contributed by atoms with Crippen molar-refractivity contribution in [1.29, 1.82) is 0 Å². The average Bonchev–Trinajstić information content (AvgIpc) is 3.22. The molecule has 0 spiro atoms. The largest absolute Gasteiger partial charge is 0.494 e. The van der Waals surface area contributed by atoms with Gasteiger partial charge in [0.15, 0.2) is 11.6 Å². The summed E-state index contributed by atoms with van der Waals surface area (Å²) < 4.78 is 20.9. The Balaban J connectivity index is 1.81. The number of rotatable bonds is 5. The first kappa shape index (κ1) is 21.1. The molecular formula is C23H28FN5O2. The van der Waals surface area contributed by atoms with Gasteiger partial charge in [0.1, 0.15) is 0 Å². The third-order valence-corrected chi connectivity index (χ3v) is 7.00. The molecule has 2 heterocycles. The van der Waals surface area contributed by atoms with E-state index in [-0.39, 0.29) is 22.7 Å². The van der Waals surface area contributed by atoms with Crippen LogP contribution in [0.5, 0.6) is 5.75 Å². The molecule has 8 heteroatoms. The molecule has 4 rings (SSSR count). The lowest BCUT2D eigenvalue weighted by Gasteiger charge is -2.39. The Bertz CT molecular complexity index is 1170. The van der Waals surface area contributed by atoms with Crippen LogP contribution in [-0.2, 0) is 0 Å². The molecule has 0 radical (unpaired) electrons. The highest BCUT2D eigenvalue weighted by Crippen LogP contribution is 2.46. The maximum Gasteiger partial charge on any atom is 0.252 e. The van der Waals surface area contributed by atoms with Gasteiger partial charge in [-0.05, 0) is 43.5 Å². The molecule has 164 valence electrons. The molecule has 1 saturated carbocycles. The number of carbonyl (C=O) groups is 1. The first-order valence-corrected chi connectivity index (χ1v) is 10.3.